The SMILES string of the molecule is C#CCOc1ncnc(F)c1Cl. The quantitative estimate of drug-likeness (QED) is 0.516. The molecule has 3 nitrogen and oxygen atoms in total. The number of aromatic nitrogens is 2. The molecular formula is C7H4ClFN2O. The highest BCUT2D eigenvalue weighted by Crippen LogP contribution is 2.21. The third-order valence-electron chi connectivity index (χ3n) is 1.01. The Balaban J connectivity index is 2.86. The van der Waals surface area contributed by atoms with Crippen LogP contribution in [0.15, 0.2) is 6.33 Å². The summed E-state index contributed by atoms with van der Waals surface area (Å²) in [5.41, 5.74) is 0. The first-order chi connectivity index (χ1) is 5.75. The number of hydrogen-bond acceptors (Lipinski definition) is 3. The summed E-state index contributed by atoms with van der Waals surface area (Å²) in [5, 5.41) is -0.257. The third-order valence-corrected chi connectivity index (χ3v) is 1.32. The Morgan fingerprint density at radius 2 is 2.42 bits per heavy atom. The summed E-state index contributed by atoms with van der Waals surface area (Å²) in [6.45, 7) is -0.00380. The molecule has 0 spiro atoms. The molecule has 0 N–H and O–H groups in total. The fraction of sp³-hybridized carbons (Fsp3) is 0.143. The second-order valence-corrected chi connectivity index (χ2v) is 2.15. The lowest BCUT2D eigenvalue weighted by Crippen LogP contribution is -1.99. The van der Waals surface area contributed by atoms with E-state index in [9.17, 15) is 4.39 Å². The van der Waals surface area contributed by atoms with E-state index >= 15 is 0 Å². The van der Waals surface area contributed by atoms with Gasteiger partial charge in [-0.25, -0.2) is 9.97 Å². The minimum absolute atomic E-state index is 0.00380. The molecule has 0 atom stereocenters. The van der Waals surface area contributed by atoms with Crippen LogP contribution in [0.3, 0.4) is 0 Å². The first-order valence-electron chi connectivity index (χ1n) is 2.98. The molecule has 12 heavy (non-hydrogen) atoms. The number of rotatable bonds is 2. The van der Waals surface area contributed by atoms with Crippen LogP contribution in [-0.2, 0) is 0 Å². The molecule has 0 aromatic carbocycles. The minimum atomic E-state index is -0.821. The zero-order valence-corrected chi connectivity index (χ0v) is 6.68. The molecule has 0 amide bonds. The Morgan fingerprint density at radius 1 is 1.67 bits per heavy atom. The lowest BCUT2D eigenvalue weighted by Gasteiger charge is -2.01. The van der Waals surface area contributed by atoms with E-state index in [-0.39, 0.29) is 17.5 Å². The highest BCUT2D eigenvalue weighted by atomic mass is 35.5. The van der Waals surface area contributed by atoms with Gasteiger partial charge in [-0.2, -0.15) is 4.39 Å². The summed E-state index contributed by atoms with van der Waals surface area (Å²) < 4.78 is 17.4. The Morgan fingerprint density at radius 3 is 3.08 bits per heavy atom. The monoisotopic (exact) mass is 186 g/mol. The molecule has 1 aromatic rings. The highest BCUT2D eigenvalue weighted by Gasteiger charge is 2.08. The first kappa shape index (κ1) is 8.75. The van der Waals surface area contributed by atoms with E-state index in [0.29, 0.717) is 0 Å². The Kier molecular flexibility index (Phi) is 2.83. The van der Waals surface area contributed by atoms with Crippen molar-refractivity contribution in [2.24, 2.45) is 0 Å². The van der Waals surface area contributed by atoms with E-state index in [1.807, 2.05) is 0 Å². The molecule has 1 rings (SSSR count). The molecular weight excluding hydrogens is 183 g/mol. The Hall–Kier alpha value is -1.34. The van der Waals surface area contributed by atoms with Gasteiger partial charge in [0.05, 0.1) is 0 Å². The summed E-state index contributed by atoms with van der Waals surface area (Å²) >= 11 is 5.44. The fourth-order valence-corrected chi connectivity index (χ4v) is 0.696. The van der Waals surface area contributed by atoms with Crippen molar-refractivity contribution in [3.63, 3.8) is 0 Å². The molecule has 62 valence electrons. The van der Waals surface area contributed by atoms with Crippen LogP contribution in [0.4, 0.5) is 4.39 Å². The summed E-state index contributed by atoms with van der Waals surface area (Å²) in [4.78, 5) is 6.78. The fourth-order valence-electron chi connectivity index (χ4n) is 0.544. The zero-order chi connectivity index (χ0) is 8.97. The molecule has 0 fully saturated rings. The van der Waals surface area contributed by atoms with Gasteiger partial charge in [-0.1, -0.05) is 17.5 Å². The van der Waals surface area contributed by atoms with Crippen molar-refractivity contribution in [1.29, 1.82) is 0 Å². The van der Waals surface area contributed by atoms with Crippen molar-refractivity contribution >= 4 is 11.6 Å². The van der Waals surface area contributed by atoms with E-state index in [1.54, 1.807) is 0 Å². The minimum Gasteiger partial charge on any atom is -0.463 e. The van der Waals surface area contributed by atoms with Crippen LogP contribution in [0.5, 0.6) is 5.88 Å². The molecule has 0 aliphatic heterocycles. The van der Waals surface area contributed by atoms with Gasteiger partial charge in [0, 0.05) is 0 Å². The van der Waals surface area contributed by atoms with Gasteiger partial charge in [0.2, 0.25) is 11.8 Å². The molecule has 0 unspecified atom stereocenters. The lowest BCUT2D eigenvalue weighted by molar-refractivity contribution is 0.351. The van der Waals surface area contributed by atoms with E-state index in [4.69, 9.17) is 22.8 Å². The van der Waals surface area contributed by atoms with E-state index < -0.39 is 5.95 Å². The average Bonchev–Trinajstić information content (AvgIpc) is 2.08. The zero-order valence-electron chi connectivity index (χ0n) is 5.92. The second-order valence-electron chi connectivity index (χ2n) is 1.78. The lowest BCUT2D eigenvalue weighted by atomic mass is 10.6. The Bertz CT molecular complexity index is 324. The summed E-state index contributed by atoms with van der Waals surface area (Å²) in [6, 6.07) is 0. The van der Waals surface area contributed by atoms with Gasteiger partial charge in [0.25, 0.3) is 0 Å². The molecule has 0 aliphatic carbocycles. The molecule has 1 aromatic heterocycles. The van der Waals surface area contributed by atoms with Crippen molar-refractivity contribution < 1.29 is 9.13 Å². The molecule has 0 radical (unpaired) electrons. The average molecular weight is 187 g/mol. The standard InChI is InChI=1S/C7H4ClFN2O/c1-2-3-12-7-5(8)6(9)10-4-11-7/h1,4H,3H2. The van der Waals surface area contributed by atoms with Crippen LogP contribution < -0.4 is 4.74 Å². The van der Waals surface area contributed by atoms with Crippen molar-refractivity contribution in [2.45, 2.75) is 0 Å². The summed E-state index contributed by atoms with van der Waals surface area (Å²) in [7, 11) is 0. The van der Waals surface area contributed by atoms with Crippen molar-refractivity contribution in [2.75, 3.05) is 6.61 Å². The first-order valence-corrected chi connectivity index (χ1v) is 3.35. The summed E-state index contributed by atoms with van der Waals surface area (Å²) in [5.74, 6) is 1.34. The van der Waals surface area contributed by atoms with Gasteiger partial charge in [0.1, 0.15) is 6.33 Å². The van der Waals surface area contributed by atoms with Crippen LogP contribution in [0.1, 0.15) is 0 Å². The van der Waals surface area contributed by atoms with Gasteiger partial charge in [-0.15, -0.1) is 6.42 Å². The van der Waals surface area contributed by atoms with Gasteiger partial charge in [-0.05, 0) is 0 Å². The van der Waals surface area contributed by atoms with Gasteiger partial charge in [-0.3, -0.25) is 0 Å². The van der Waals surface area contributed by atoms with Crippen LogP contribution in [-0.4, -0.2) is 16.6 Å². The maximum absolute atomic E-state index is 12.6. The van der Waals surface area contributed by atoms with E-state index in [1.165, 1.54) is 0 Å². The van der Waals surface area contributed by atoms with Crippen LogP contribution in [0.25, 0.3) is 0 Å². The normalized spacial score (nSPS) is 9.08. The van der Waals surface area contributed by atoms with Crippen LogP contribution in [0.2, 0.25) is 5.02 Å². The van der Waals surface area contributed by atoms with Crippen LogP contribution >= 0.6 is 11.6 Å². The number of terminal acetylenes is 1. The third kappa shape index (κ3) is 1.83. The van der Waals surface area contributed by atoms with E-state index in [0.717, 1.165) is 6.33 Å². The highest BCUT2D eigenvalue weighted by molar-refractivity contribution is 6.31. The maximum atomic E-state index is 12.6. The molecule has 5 heteroatoms. The topological polar surface area (TPSA) is 35.0 Å². The van der Waals surface area contributed by atoms with Crippen LogP contribution in [0, 0.1) is 18.3 Å². The van der Waals surface area contributed by atoms with Gasteiger partial charge < -0.3 is 4.74 Å². The number of nitrogens with zero attached hydrogens (tertiary/aromatic N) is 2. The van der Waals surface area contributed by atoms with Crippen molar-refractivity contribution in [3.8, 4) is 18.2 Å². The van der Waals surface area contributed by atoms with E-state index in [2.05, 4.69) is 15.9 Å². The van der Waals surface area contributed by atoms with Crippen molar-refractivity contribution in [3.05, 3.63) is 17.3 Å². The molecule has 1 heterocycles. The van der Waals surface area contributed by atoms with Gasteiger partial charge in [0.15, 0.2) is 11.6 Å². The van der Waals surface area contributed by atoms with Gasteiger partial charge >= 0.3 is 0 Å². The Labute approximate surface area is 73.5 Å². The molecule has 0 aliphatic rings. The predicted molar refractivity (Wildman–Crippen MR) is 41.3 cm³/mol. The number of halogens is 2. The molecule has 0 saturated carbocycles. The molecule has 0 bridgehead atoms. The number of ether oxygens (including phenoxy) is 1. The smallest absolute Gasteiger partial charge is 0.239 e. The largest absolute Gasteiger partial charge is 0.463 e. The predicted octanol–water partition coefficient (Wildman–Crippen LogP) is 1.28. The second kappa shape index (κ2) is 3.88. The molecule has 0 saturated heterocycles. The number of hydrogen-bond donors (Lipinski definition) is 0. The maximum Gasteiger partial charge on any atom is 0.239 e. The summed E-state index contributed by atoms with van der Waals surface area (Å²) in [6.07, 6.45) is 5.92. The van der Waals surface area contributed by atoms with Crippen molar-refractivity contribution in [1.82, 2.24) is 9.97 Å².